The number of amides is 2. The summed E-state index contributed by atoms with van der Waals surface area (Å²) >= 11 is 1.46. The van der Waals surface area contributed by atoms with Crippen molar-refractivity contribution >= 4 is 50.3 Å². The number of hydrogen-bond donors (Lipinski definition) is 1. The van der Waals surface area contributed by atoms with Gasteiger partial charge >= 0.3 is 0 Å². The highest BCUT2D eigenvalue weighted by molar-refractivity contribution is 8.01. The number of benzene rings is 2. The maximum absolute atomic E-state index is 13.7. The molecule has 212 valence electrons. The van der Waals surface area contributed by atoms with Crippen molar-refractivity contribution in [3.63, 3.8) is 0 Å². The van der Waals surface area contributed by atoms with E-state index in [9.17, 15) is 14.7 Å². The molecule has 0 radical (unpaired) electrons. The van der Waals surface area contributed by atoms with Gasteiger partial charge in [-0.2, -0.15) is 0 Å². The van der Waals surface area contributed by atoms with Crippen molar-refractivity contribution in [2.24, 2.45) is 0 Å². The average Bonchev–Trinajstić information content (AvgIpc) is 3.15. The second-order valence-electron chi connectivity index (χ2n) is 13.2. The van der Waals surface area contributed by atoms with Gasteiger partial charge in [0.05, 0.1) is 25.3 Å². The average molecular weight is 585 g/mol. The summed E-state index contributed by atoms with van der Waals surface area (Å²) in [6.07, 6.45) is -0.625. The van der Waals surface area contributed by atoms with Gasteiger partial charge in [-0.1, -0.05) is 101 Å². The first kappa shape index (κ1) is 30.1. The van der Waals surface area contributed by atoms with Crippen molar-refractivity contribution < 1.29 is 19.1 Å². The number of fused-ring (bicyclic) bond motifs is 1. The lowest BCUT2D eigenvalue weighted by molar-refractivity contribution is -0.159. The molecule has 2 aromatic carbocycles. The molecule has 9 heteroatoms. The van der Waals surface area contributed by atoms with Gasteiger partial charge in [0.2, 0.25) is 5.91 Å². The zero-order chi connectivity index (χ0) is 28.6. The summed E-state index contributed by atoms with van der Waals surface area (Å²) in [5, 5.41) is 13.6. The summed E-state index contributed by atoms with van der Waals surface area (Å²) in [6.45, 7) is 13.9. The van der Waals surface area contributed by atoms with E-state index >= 15 is 0 Å². The highest BCUT2D eigenvalue weighted by Crippen LogP contribution is 2.47. The first-order valence-electron chi connectivity index (χ1n) is 13.9. The van der Waals surface area contributed by atoms with Crippen LogP contribution < -0.4 is 10.4 Å². The molecular weight excluding hydrogens is 541 g/mol. The second-order valence-corrected chi connectivity index (χ2v) is 24.4. The van der Waals surface area contributed by atoms with Crippen LogP contribution >= 0.6 is 11.8 Å². The minimum absolute atomic E-state index is 0.0254. The molecule has 1 N–H and O–H groups in total. The quantitative estimate of drug-likeness (QED) is 0.455. The molecule has 0 aromatic heterocycles. The molecule has 2 aromatic rings. The van der Waals surface area contributed by atoms with Crippen molar-refractivity contribution in [2.45, 2.75) is 74.9 Å². The van der Waals surface area contributed by atoms with Crippen LogP contribution in [0.1, 0.15) is 27.2 Å². The van der Waals surface area contributed by atoms with Crippen molar-refractivity contribution in [3.05, 3.63) is 60.7 Å². The molecule has 0 unspecified atom stereocenters. The Kier molecular flexibility index (Phi) is 8.60. The summed E-state index contributed by atoms with van der Waals surface area (Å²) in [4.78, 5) is 29.2. The molecule has 2 aliphatic rings. The van der Waals surface area contributed by atoms with Crippen LogP contribution in [0.4, 0.5) is 0 Å². The van der Waals surface area contributed by atoms with Crippen LogP contribution in [0.2, 0.25) is 30.7 Å². The molecule has 6 nitrogen and oxygen atoms in total. The zero-order valence-electron chi connectivity index (χ0n) is 24.4. The first-order chi connectivity index (χ1) is 18.2. The molecule has 2 fully saturated rings. The molecule has 2 aliphatic heterocycles. The predicted molar refractivity (Wildman–Crippen MR) is 166 cm³/mol. The smallest absolute Gasteiger partial charge is 0.262 e. The van der Waals surface area contributed by atoms with Crippen molar-refractivity contribution in [3.8, 4) is 0 Å². The van der Waals surface area contributed by atoms with Crippen LogP contribution in [0, 0.1) is 0 Å². The third-order valence-corrected chi connectivity index (χ3v) is 16.7. The normalized spacial score (nSPS) is 24.3. The SMILES string of the molecule is CN1CC(=O)N2[C@@H](CO[Si](c3ccccc3)(c3ccccc3)C(C)(C)C)C[C@H](O)[C@@]2(SCC[Si](C)(C)C)C1=O. The van der Waals surface area contributed by atoms with Gasteiger partial charge in [-0.05, 0) is 33.6 Å². The molecule has 0 saturated carbocycles. The van der Waals surface area contributed by atoms with E-state index in [0.717, 1.165) is 11.8 Å². The Morgan fingerprint density at radius 1 is 1.00 bits per heavy atom. The molecule has 39 heavy (non-hydrogen) atoms. The molecule has 2 heterocycles. The number of aliphatic hydroxyl groups excluding tert-OH is 1. The Labute approximate surface area is 240 Å². The lowest BCUT2D eigenvalue weighted by atomic mass is 10.1. The third kappa shape index (κ3) is 5.53. The Morgan fingerprint density at radius 3 is 2.03 bits per heavy atom. The van der Waals surface area contributed by atoms with Gasteiger partial charge in [0, 0.05) is 15.1 Å². The summed E-state index contributed by atoms with van der Waals surface area (Å²) in [5.41, 5.74) is 0. The lowest BCUT2D eigenvalue weighted by Gasteiger charge is -2.48. The maximum Gasteiger partial charge on any atom is 0.262 e. The molecule has 2 amide bonds. The summed E-state index contributed by atoms with van der Waals surface area (Å²) in [7, 11) is -2.54. The van der Waals surface area contributed by atoms with E-state index in [1.807, 2.05) is 12.1 Å². The van der Waals surface area contributed by atoms with Crippen molar-refractivity contribution in [1.29, 1.82) is 0 Å². The second kappa shape index (κ2) is 11.2. The van der Waals surface area contributed by atoms with Crippen LogP contribution in [0.25, 0.3) is 0 Å². The predicted octanol–water partition coefficient (Wildman–Crippen LogP) is 3.76. The van der Waals surface area contributed by atoms with Gasteiger partial charge in [0.25, 0.3) is 14.2 Å². The van der Waals surface area contributed by atoms with E-state index in [1.54, 1.807) is 11.9 Å². The van der Waals surface area contributed by atoms with Gasteiger partial charge in [-0.15, -0.1) is 11.8 Å². The van der Waals surface area contributed by atoms with E-state index in [2.05, 4.69) is 88.9 Å². The number of likely N-dealkylation sites (N-methyl/N-ethyl adjacent to an activating group) is 1. The van der Waals surface area contributed by atoms with Gasteiger partial charge in [0.1, 0.15) is 0 Å². The molecular formula is C30H44N2O4SSi2. The van der Waals surface area contributed by atoms with Crippen LogP contribution in [0.15, 0.2) is 60.7 Å². The molecule has 3 atom stereocenters. The maximum atomic E-state index is 13.7. The number of rotatable bonds is 9. The van der Waals surface area contributed by atoms with Crippen LogP contribution in [0.3, 0.4) is 0 Å². The standard InChI is InChI=1S/C30H44N2O4SSi2/c1-29(2,3)39(24-14-10-8-11-15-24,25-16-12-9-13-17-25)36-22-23-20-26(33)30(37-18-19-38(5,6)7)28(35)31(4)21-27(34)32(23)30/h8-17,23,26,33H,18-22H2,1-7H3/t23-,26+,30-/m1/s1. The number of piperazine rings is 1. The van der Waals surface area contributed by atoms with E-state index in [1.165, 1.54) is 27.0 Å². The topological polar surface area (TPSA) is 70.1 Å². The number of aliphatic hydroxyl groups is 1. The Hall–Kier alpha value is -1.92. The Bertz CT molecular complexity index is 1130. The van der Waals surface area contributed by atoms with Crippen molar-refractivity contribution in [1.82, 2.24) is 9.80 Å². The van der Waals surface area contributed by atoms with Crippen LogP contribution in [0.5, 0.6) is 0 Å². The Morgan fingerprint density at radius 2 is 1.54 bits per heavy atom. The number of thioether (sulfide) groups is 1. The number of carbonyl (C=O) groups is 2. The molecule has 0 aliphatic carbocycles. The van der Waals surface area contributed by atoms with Gasteiger partial charge < -0.3 is 19.3 Å². The zero-order valence-corrected chi connectivity index (χ0v) is 27.3. The van der Waals surface area contributed by atoms with Crippen LogP contribution in [-0.4, -0.2) is 86.1 Å². The van der Waals surface area contributed by atoms with Crippen molar-refractivity contribution in [2.75, 3.05) is 26.0 Å². The van der Waals surface area contributed by atoms with E-state index < -0.39 is 27.4 Å². The third-order valence-electron chi connectivity index (χ3n) is 8.05. The monoisotopic (exact) mass is 584 g/mol. The molecule has 2 saturated heterocycles. The fraction of sp³-hybridized carbons (Fsp3) is 0.533. The summed E-state index contributed by atoms with van der Waals surface area (Å²) in [5.74, 6) is 0.437. The van der Waals surface area contributed by atoms with Crippen LogP contribution in [-0.2, 0) is 14.0 Å². The molecule has 0 bridgehead atoms. The fourth-order valence-corrected chi connectivity index (χ4v) is 14.8. The largest absolute Gasteiger partial charge is 0.405 e. The van der Waals surface area contributed by atoms with Gasteiger partial charge in [0.15, 0.2) is 4.87 Å². The minimum Gasteiger partial charge on any atom is -0.405 e. The fourth-order valence-electron chi connectivity index (χ4n) is 6.08. The highest BCUT2D eigenvalue weighted by atomic mass is 32.2. The first-order valence-corrected chi connectivity index (χ1v) is 20.5. The lowest BCUT2D eigenvalue weighted by Crippen LogP contribution is -2.69. The summed E-state index contributed by atoms with van der Waals surface area (Å²) < 4.78 is 7.17. The summed E-state index contributed by atoms with van der Waals surface area (Å²) in [6, 6.07) is 21.5. The number of hydrogen-bond acceptors (Lipinski definition) is 5. The Balaban J connectivity index is 1.72. The number of nitrogens with zero attached hydrogens (tertiary/aromatic N) is 2. The molecule has 4 rings (SSSR count). The van der Waals surface area contributed by atoms with Gasteiger partial charge in [-0.3, -0.25) is 9.59 Å². The van der Waals surface area contributed by atoms with E-state index in [4.69, 9.17) is 4.43 Å². The van der Waals surface area contributed by atoms with E-state index in [0.29, 0.717) is 6.42 Å². The van der Waals surface area contributed by atoms with Gasteiger partial charge in [-0.25, -0.2) is 0 Å². The highest BCUT2D eigenvalue weighted by Gasteiger charge is 2.64. The van der Waals surface area contributed by atoms with E-state index in [-0.39, 0.29) is 36.0 Å². The molecule has 0 spiro atoms. The number of carbonyl (C=O) groups excluding carboxylic acids is 2. The minimum atomic E-state index is -2.84.